The first-order valence-electron chi connectivity index (χ1n) is 4.29. The summed E-state index contributed by atoms with van der Waals surface area (Å²) < 4.78 is 41.3. The molecule has 0 bridgehead atoms. The number of methoxy groups -OCH3 is 1. The van der Waals surface area contributed by atoms with E-state index < -0.39 is 17.8 Å². The number of esters is 1. The minimum absolute atomic E-state index is 0.0843. The van der Waals surface area contributed by atoms with Gasteiger partial charge >= 0.3 is 12.1 Å². The monoisotopic (exact) mass is 234 g/mol. The van der Waals surface area contributed by atoms with Crippen molar-refractivity contribution in [1.82, 2.24) is 10.2 Å². The number of hydrogen-bond acceptors (Lipinski definition) is 3. The molecule has 0 atom stereocenters. The standard InChI is InChI=1S/C9H9F3N2O2/c1-16-7(15)4-2-3-6-5-13-14-8(6)9(10,11)12/h2-3,5H,4H2,1H3,(H,13,14). The molecule has 7 heteroatoms. The molecule has 0 fully saturated rings. The third-order valence-corrected chi connectivity index (χ3v) is 1.76. The maximum Gasteiger partial charge on any atom is 0.433 e. The van der Waals surface area contributed by atoms with Crippen LogP contribution in [-0.2, 0) is 15.7 Å². The summed E-state index contributed by atoms with van der Waals surface area (Å²) in [5, 5.41) is 5.15. The van der Waals surface area contributed by atoms with Gasteiger partial charge in [-0.25, -0.2) is 0 Å². The zero-order valence-electron chi connectivity index (χ0n) is 8.34. The average Bonchev–Trinajstić information content (AvgIpc) is 2.65. The number of alkyl halides is 3. The Morgan fingerprint density at radius 2 is 2.31 bits per heavy atom. The first kappa shape index (κ1) is 12.3. The van der Waals surface area contributed by atoms with Crippen molar-refractivity contribution in [3.05, 3.63) is 23.5 Å². The Balaban J connectivity index is 2.75. The topological polar surface area (TPSA) is 55.0 Å². The van der Waals surface area contributed by atoms with E-state index in [0.717, 1.165) is 6.20 Å². The first-order valence-corrected chi connectivity index (χ1v) is 4.29. The van der Waals surface area contributed by atoms with Gasteiger partial charge in [-0.2, -0.15) is 18.3 Å². The summed E-state index contributed by atoms with van der Waals surface area (Å²) in [5.74, 6) is -0.520. The number of aromatic amines is 1. The number of H-pyrrole nitrogens is 1. The molecule has 16 heavy (non-hydrogen) atoms. The Labute approximate surface area is 89.1 Å². The number of ether oxygens (including phenoxy) is 1. The predicted molar refractivity (Wildman–Crippen MR) is 49.3 cm³/mol. The molecule has 1 rings (SSSR count). The second-order valence-electron chi connectivity index (χ2n) is 2.88. The number of nitrogens with zero attached hydrogens (tertiary/aromatic N) is 1. The van der Waals surface area contributed by atoms with Crippen molar-refractivity contribution in [2.45, 2.75) is 12.6 Å². The zero-order valence-corrected chi connectivity index (χ0v) is 8.34. The highest BCUT2D eigenvalue weighted by Gasteiger charge is 2.34. The first-order chi connectivity index (χ1) is 7.45. The second-order valence-corrected chi connectivity index (χ2v) is 2.88. The van der Waals surface area contributed by atoms with Gasteiger partial charge in [0.25, 0.3) is 0 Å². The van der Waals surface area contributed by atoms with Crippen LogP contribution < -0.4 is 0 Å². The van der Waals surface area contributed by atoms with E-state index in [4.69, 9.17) is 0 Å². The maximum atomic E-state index is 12.3. The second kappa shape index (κ2) is 4.82. The largest absolute Gasteiger partial charge is 0.469 e. The van der Waals surface area contributed by atoms with E-state index in [9.17, 15) is 18.0 Å². The van der Waals surface area contributed by atoms with E-state index in [1.54, 1.807) is 0 Å². The summed E-state index contributed by atoms with van der Waals surface area (Å²) in [4.78, 5) is 10.7. The molecule has 0 aromatic carbocycles. The molecule has 1 aromatic rings. The van der Waals surface area contributed by atoms with Gasteiger partial charge in [0.1, 0.15) is 5.69 Å². The fourth-order valence-electron chi connectivity index (χ4n) is 1.01. The highest BCUT2D eigenvalue weighted by atomic mass is 19.4. The lowest BCUT2D eigenvalue weighted by atomic mass is 10.2. The number of nitrogens with one attached hydrogen (secondary N) is 1. The van der Waals surface area contributed by atoms with Crippen LogP contribution in [0, 0.1) is 0 Å². The molecule has 0 spiro atoms. The molecule has 0 aliphatic carbocycles. The SMILES string of the molecule is COC(=O)CC=Cc1cn[nH]c1C(F)(F)F. The van der Waals surface area contributed by atoms with Crippen LogP contribution in [0.1, 0.15) is 17.7 Å². The number of carbonyl (C=O) groups excluding carboxylic acids is 1. The normalized spacial score (nSPS) is 12.0. The number of rotatable bonds is 3. The van der Waals surface area contributed by atoms with Gasteiger partial charge in [-0.3, -0.25) is 9.89 Å². The molecule has 0 unspecified atom stereocenters. The van der Waals surface area contributed by atoms with Crippen LogP contribution in [-0.4, -0.2) is 23.3 Å². The minimum Gasteiger partial charge on any atom is -0.469 e. The number of aromatic nitrogens is 2. The van der Waals surface area contributed by atoms with Gasteiger partial charge in [-0.05, 0) is 0 Å². The molecule has 0 aliphatic heterocycles. The van der Waals surface area contributed by atoms with E-state index in [0.29, 0.717) is 0 Å². The van der Waals surface area contributed by atoms with Gasteiger partial charge in [-0.15, -0.1) is 0 Å². The fraction of sp³-hybridized carbons (Fsp3) is 0.333. The summed E-state index contributed by atoms with van der Waals surface area (Å²) >= 11 is 0. The van der Waals surface area contributed by atoms with Crippen molar-refractivity contribution in [3.63, 3.8) is 0 Å². The summed E-state index contributed by atoms with van der Waals surface area (Å²) in [6, 6.07) is 0. The number of hydrogen-bond donors (Lipinski definition) is 1. The Hall–Kier alpha value is -1.79. The predicted octanol–water partition coefficient (Wildman–Crippen LogP) is 2.00. The molecule has 4 nitrogen and oxygen atoms in total. The zero-order chi connectivity index (χ0) is 12.2. The van der Waals surface area contributed by atoms with Crippen LogP contribution in [0.2, 0.25) is 0 Å². The summed E-state index contributed by atoms with van der Waals surface area (Å²) in [6.07, 6.45) is -1.08. The minimum atomic E-state index is -4.48. The van der Waals surface area contributed by atoms with E-state index in [1.807, 2.05) is 5.10 Å². The molecular weight excluding hydrogens is 225 g/mol. The quantitative estimate of drug-likeness (QED) is 0.814. The number of halogens is 3. The fourth-order valence-corrected chi connectivity index (χ4v) is 1.01. The van der Waals surface area contributed by atoms with Crippen LogP contribution in [0.15, 0.2) is 12.3 Å². The molecule has 1 heterocycles. The van der Waals surface area contributed by atoms with Crippen molar-refractivity contribution in [3.8, 4) is 0 Å². The van der Waals surface area contributed by atoms with Gasteiger partial charge in [0.15, 0.2) is 0 Å². The lowest BCUT2D eigenvalue weighted by Gasteiger charge is -2.03. The Bertz CT molecular complexity index is 396. The Kier molecular flexibility index (Phi) is 3.70. The van der Waals surface area contributed by atoms with Crippen molar-refractivity contribution < 1.29 is 22.7 Å². The molecule has 0 saturated carbocycles. The molecule has 1 N–H and O–H groups in total. The molecule has 0 radical (unpaired) electrons. The Morgan fingerprint density at radius 3 is 2.88 bits per heavy atom. The smallest absolute Gasteiger partial charge is 0.433 e. The number of carbonyl (C=O) groups is 1. The molecule has 1 aromatic heterocycles. The van der Waals surface area contributed by atoms with Crippen molar-refractivity contribution in [2.75, 3.05) is 7.11 Å². The van der Waals surface area contributed by atoms with Crippen LogP contribution in [0.5, 0.6) is 0 Å². The maximum absolute atomic E-state index is 12.3. The van der Waals surface area contributed by atoms with Gasteiger partial charge in [0.2, 0.25) is 0 Å². The van der Waals surface area contributed by atoms with Gasteiger partial charge < -0.3 is 4.74 Å². The average molecular weight is 234 g/mol. The van der Waals surface area contributed by atoms with Crippen LogP contribution in [0.25, 0.3) is 6.08 Å². The van der Waals surface area contributed by atoms with Gasteiger partial charge in [0, 0.05) is 5.56 Å². The highest BCUT2D eigenvalue weighted by Crippen LogP contribution is 2.30. The molecule has 0 amide bonds. The molecule has 0 aliphatic rings. The van der Waals surface area contributed by atoms with Crippen molar-refractivity contribution >= 4 is 12.0 Å². The summed E-state index contributed by atoms with van der Waals surface area (Å²) in [6.45, 7) is 0. The molecule has 88 valence electrons. The van der Waals surface area contributed by atoms with E-state index in [2.05, 4.69) is 9.84 Å². The van der Waals surface area contributed by atoms with Crippen molar-refractivity contribution in [1.29, 1.82) is 0 Å². The summed E-state index contributed by atoms with van der Waals surface area (Å²) in [7, 11) is 1.20. The third kappa shape index (κ3) is 3.11. The van der Waals surface area contributed by atoms with Gasteiger partial charge in [-0.1, -0.05) is 12.2 Å². The highest BCUT2D eigenvalue weighted by molar-refractivity contribution is 5.72. The lowest BCUT2D eigenvalue weighted by molar-refractivity contribution is -0.141. The van der Waals surface area contributed by atoms with Crippen molar-refractivity contribution in [2.24, 2.45) is 0 Å². The lowest BCUT2D eigenvalue weighted by Crippen LogP contribution is -2.07. The Morgan fingerprint density at radius 1 is 1.62 bits per heavy atom. The van der Waals surface area contributed by atoms with Crippen LogP contribution in [0.3, 0.4) is 0 Å². The van der Waals surface area contributed by atoms with E-state index in [1.165, 1.54) is 19.3 Å². The third-order valence-electron chi connectivity index (χ3n) is 1.76. The van der Waals surface area contributed by atoms with E-state index >= 15 is 0 Å². The molecular formula is C9H9F3N2O2. The van der Waals surface area contributed by atoms with Crippen LogP contribution >= 0.6 is 0 Å². The van der Waals surface area contributed by atoms with Gasteiger partial charge in [0.05, 0.1) is 19.7 Å². The van der Waals surface area contributed by atoms with Crippen LogP contribution in [0.4, 0.5) is 13.2 Å². The summed E-state index contributed by atoms with van der Waals surface area (Å²) in [5.41, 5.74) is -1.05. The molecule has 0 saturated heterocycles. The van der Waals surface area contributed by atoms with E-state index in [-0.39, 0.29) is 12.0 Å².